The lowest BCUT2D eigenvalue weighted by atomic mass is 10.1. The Labute approximate surface area is 231 Å². The van der Waals surface area contributed by atoms with Crippen molar-refractivity contribution in [1.29, 1.82) is 0 Å². The van der Waals surface area contributed by atoms with Crippen LogP contribution in [0.25, 0.3) is 11.0 Å². The number of hydrogen-bond acceptors (Lipinski definition) is 8. The lowest BCUT2D eigenvalue weighted by Gasteiger charge is -2.13. The molecule has 202 valence electrons. The first-order valence-corrected chi connectivity index (χ1v) is 13.2. The molecule has 10 nitrogen and oxygen atoms in total. The van der Waals surface area contributed by atoms with Gasteiger partial charge in [-0.2, -0.15) is 0 Å². The molecule has 11 heteroatoms. The number of benzene rings is 2. The second-order valence-corrected chi connectivity index (χ2v) is 9.35. The van der Waals surface area contributed by atoms with Gasteiger partial charge < -0.3 is 24.5 Å². The molecule has 0 saturated heterocycles. The summed E-state index contributed by atoms with van der Waals surface area (Å²) < 4.78 is 15.3. The molecule has 2 N–H and O–H groups in total. The van der Waals surface area contributed by atoms with Crippen LogP contribution in [0.2, 0.25) is 5.02 Å². The highest BCUT2D eigenvalue weighted by molar-refractivity contribution is 6.32. The van der Waals surface area contributed by atoms with Crippen molar-refractivity contribution in [2.24, 2.45) is 0 Å². The molecular formula is C28H30ClN7O3. The molecule has 2 aromatic carbocycles. The number of nitrogens with zero attached hydrogens (tertiary/aromatic N) is 6. The largest absolute Gasteiger partial charge is 0.456 e. The topological polar surface area (TPSA) is 112 Å². The Morgan fingerprint density at radius 1 is 0.949 bits per heavy atom. The molecule has 0 aliphatic carbocycles. The molecule has 0 amide bonds. The normalized spacial score (nSPS) is 11.2. The number of unbranched alkanes of at least 4 members (excludes halogenated alkanes) is 1. The maximum absolute atomic E-state index is 8.92. The van der Waals surface area contributed by atoms with E-state index in [0.717, 1.165) is 48.3 Å². The first-order chi connectivity index (χ1) is 19.2. The van der Waals surface area contributed by atoms with Gasteiger partial charge in [-0.25, -0.2) is 9.97 Å². The van der Waals surface area contributed by atoms with Crippen LogP contribution in [0.1, 0.15) is 18.4 Å². The van der Waals surface area contributed by atoms with Crippen molar-refractivity contribution in [2.75, 3.05) is 25.1 Å². The summed E-state index contributed by atoms with van der Waals surface area (Å²) in [5.41, 5.74) is 3.71. The van der Waals surface area contributed by atoms with Gasteiger partial charge in [-0.1, -0.05) is 28.9 Å². The number of nitrogens with one attached hydrogen (secondary N) is 1. The summed E-state index contributed by atoms with van der Waals surface area (Å²) in [6, 6.07) is 15.6. The first-order valence-electron chi connectivity index (χ1n) is 12.9. The summed E-state index contributed by atoms with van der Waals surface area (Å²) in [4.78, 5) is 8.80. The number of rotatable bonds is 14. The predicted octanol–water partition coefficient (Wildman–Crippen LogP) is 5.24. The van der Waals surface area contributed by atoms with E-state index in [0.29, 0.717) is 36.3 Å². The molecule has 0 unspecified atom stereocenters. The van der Waals surface area contributed by atoms with E-state index in [1.807, 2.05) is 58.0 Å². The van der Waals surface area contributed by atoms with Crippen LogP contribution in [0.4, 0.5) is 11.5 Å². The number of halogens is 1. The number of fused-ring (bicyclic) bond motifs is 1. The van der Waals surface area contributed by atoms with Crippen LogP contribution in [0, 0.1) is 0 Å². The van der Waals surface area contributed by atoms with Crippen molar-refractivity contribution in [3.05, 3.63) is 84.0 Å². The maximum atomic E-state index is 8.92. The van der Waals surface area contributed by atoms with Gasteiger partial charge in [0.1, 0.15) is 23.3 Å². The third kappa shape index (κ3) is 7.11. The van der Waals surface area contributed by atoms with Gasteiger partial charge in [-0.3, -0.25) is 4.68 Å². The molecule has 0 atom stereocenters. The summed E-state index contributed by atoms with van der Waals surface area (Å²) in [5.74, 6) is 1.96. The summed E-state index contributed by atoms with van der Waals surface area (Å²) in [5, 5.41) is 20.6. The van der Waals surface area contributed by atoms with Crippen LogP contribution in [-0.4, -0.2) is 54.5 Å². The number of hydrogen-bond donors (Lipinski definition) is 2. The number of ether oxygens (including phenoxy) is 2. The number of aromatic nitrogens is 6. The molecule has 3 aromatic heterocycles. The minimum absolute atomic E-state index is 0.000439. The average molecular weight is 548 g/mol. The van der Waals surface area contributed by atoms with Gasteiger partial charge >= 0.3 is 0 Å². The second kappa shape index (κ2) is 13.2. The van der Waals surface area contributed by atoms with Crippen LogP contribution in [-0.2, 0) is 24.2 Å². The molecule has 39 heavy (non-hydrogen) atoms. The Hall–Kier alpha value is -3.99. The third-order valence-electron chi connectivity index (χ3n) is 6.18. The van der Waals surface area contributed by atoms with Crippen LogP contribution in [0.3, 0.4) is 0 Å². The fourth-order valence-corrected chi connectivity index (χ4v) is 4.46. The Bertz CT molecular complexity index is 1470. The number of aliphatic hydroxyl groups excluding tert-OH is 1. The Morgan fingerprint density at radius 2 is 1.85 bits per heavy atom. The predicted molar refractivity (Wildman–Crippen MR) is 150 cm³/mol. The third-order valence-corrected chi connectivity index (χ3v) is 6.48. The molecule has 5 aromatic rings. The molecular weight excluding hydrogens is 518 g/mol. The van der Waals surface area contributed by atoms with Gasteiger partial charge in [0.15, 0.2) is 5.82 Å². The highest BCUT2D eigenvalue weighted by Gasteiger charge is 2.11. The summed E-state index contributed by atoms with van der Waals surface area (Å²) in [7, 11) is 0. The average Bonchev–Trinajstić information content (AvgIpc) is 3.62. The quantitative estimate of drug-likeness (QED) is 0.181. The minimum Gasteiger partial charge on any atom is -0.456 e. The van der Waals surface area contributed by atoms with E-state index >= 15 is 0 Å². The molecule has 0 aliphatic heterocycles. The first kappa shape index (κ1) is 26.6. The van der Waals surface area contributed by atoms with E-state index in [4.69, 9.17) is 26.2 Å². The summed E-state index contributed by atoms with van der Waals surface area (Å²) >= 11 is 6.58. The monoisotopic (exact) mass is 547 g/mol. The van der Waals surface area contributed by atoms with Crippen molar-refractivity contribution >= 4 is 34.1 Å². The number of aryl methyl sites for hydroxylation is 2. The van der Waals surface area contributed by atoms with E-state index in [9.17, 15) is 0 Å². The van der Waals surface area contributed by atoms with Gasteiger partial charge in [0, 0.05) is 31.2 Å². The summed E-state index contributed by atoms with van der Waals surface area (Å²) in [6.45, 7) is 2.27. The molecule has 0 aliphatic rings. The molecule has 0 bridgehead atoms. The maximum Gasteiger partial charge on any atom is 0.158 e. The lowest BCUT2D eigenvalue weighted by Crippen LogP contribution is -2.09. The van der Waals surface area contributed by atoms with Crippen molar-refractivity contribution in [2.45, 2.75) is 32.4 Å². The Morgan fingerprint density at radius 3 is 2.64 bits per heavy atom. The zero-order valence-corrected chi connectivity index (χ0v) is 22.2. The zero-order valence-electron chi connectivity index (χ0n) is 21.4. The summed E-state index contributed by atoms with van der Waals surface area (Å²) in [6.07, 6.45) is 10.2. The molecule has 3 heterocycles. The van der Waals surface area contributed by atoms with E-state index in [-0.39, 0.29) is 6.61 Å². The second-order valence-electron chi connectivity index (χ2n) is 8.94. The number of aliphatic hydroxyl groups is 1. The van der Waals surface area contributed by atoms with Crippen molar-refractivity contribution < 1.29 is 14.6 Å². The molecule has 5 rings (SSSR count). The van der Waals surface area contributed by atoms with Crippen LogP contribution >= 0.6 is 11.6 Å². The minimum atomic E-state index is 0.000439. The zero-order chi connectivity index (χ0) is 26.9. The Kier molecular flexibility index (Phi) is 9.00. The fraction of sp³-hybridized carbons (Fsp3) is 0.286. The van der Waals surface area contributed by atoms with Crippen LogP contribution in [0.5, 0.6) is 11.5 Å². The standard InChI is InChI=1S/C28H30ClN7O3/c29-24-19-22(33-28-27-25(30-20-31-28)10-13-35(27)15-17-38-18-16-37)6-9-26(24)39-23-7-4-21(5-8-23)3-1-2-12-36-14-11-32-34-36/h4-11,13-14,19-20,37H,1-3,12,15-18H2,(H,30,31,33). The van der Waals surface area contributed by atoms with Gasteiger partial charge in [0.05, 0.1) is 36.6 Å². The van der Waals surface area contributed by atoms with Gasteiger partial charge in [0.25, 0.3) is 0 Å². The van der Waals surface area contributed by atoms with Crippen molar-refractivity contribution in [3.63, 3.8) is 0 Å². The smallest absolute Gasteiger partial charge is 0.158 e. The van der Waals surface area contributed by atoms with Crippen molar-refractivity contribution in [3.8, 4) is 11.5 Å². The SMILES string of the molecule is OCCOCCn1ccc2ncnc(Nc3ccc(Oc4ccc(CCCCn5ccnn5)cc4)c(Cl)c3)c21. The molecule has 0 fully saturated rings. The lowest BCUT2D eigenvalue weighted by molar-refractivity contribution is 0.0875. The molecule has 0 spiro atoms. The molecule has 0 saturated carbocycles. The van der Waals surface area contributed by atoms with Crippen molar-refractivity contribution in [1.82, 2.24) is 29.5 Å². The Balaban J connectivity index is 1.18. The van der Waals surface area contributed by atoms with Gasteiger partial charge in [0.2, 0.25) is 0 Å². The van der Waals surface area contributed by atoms with Crippen LogP contribution in [0.15, 0.2) is 73.4 Å². The highest BCUT2D eigenvalue weighted by Crippen LogP contribution is 2.33. The van der Waals surface area contributed by atoms with E-state index < -0.39 is 0 Å². The van der Waals surface area contributed by atoms with Gasteiger partial charge in [-0.15, -0.1) is 5.10 Å². The van der Waals surface area contributed by atoms with E-state index in [2.05, 4.69) is 37.7 Å². The fourth-order valence-electron chi connectivity index (χ4n) is 4.24. The van der Waals surface area contributed by atoms with E-state index in [1.54, 1.807) is 6.20 Å². The van der Waals surface area contributed by atoms with Gasteiger partial charge in [-0.05, 0) is 61.2 Å². The molecule has 0 radical (unpaired) electrons. The van der Waals surface area contributed by atoms with E-state index in [1.165, 1.54) is 11.9 Å². The van der Waals surface area contributed by atoms with Crippen LogP contribution < -0.4 is 10.1 Å². The number of anilines is 2. The highest BCUT2D eigenvalue weighted by atomic mass is 35.5.